The molecule has 3 N–H and O–H groups in total. The Hall–Kier alpha value is -3.31. The normalized spacial score (nSPS) is 18.6. The van der Waals surface area contributed by atoms with E-state index in [9.17, 15) is 14.0 Å². The number of urea groups is 1. The summed E-state index contributed by atoms with van der Waals surface area (Å²) in [6.07, 6.45) is 6.32. The number of benzene rings is 1. The van der Waals surface area contributed by atoms with Crippen molar-refractivity contribution in [2.24, 2.45) is 4.99 Å². The second-order valence-electron chi connectivity index (χ2n) is 9.54. The highest BCUT2D eigenvalue weighted by Gasteiger charge is 2.27. The molecule has 3 aliphatic heterocycles. The molecular formula is C25H30ClFN8O2. The predicted molar refractivity (Wildman–Crippen MR) is 141 cm³/mol. The maximum absolute atomic E-state index is 12.7. The highest BCUT2D eigenvalue weighted by atomic mass is 35.5. The third kappa shape index (κ3) is 6.16. The predicted octanol–water partition coefficient (Wildman–Crippen LogP) is 3.47. The maximum atomic E-state index is 12.7. The third-order valence-electron chi connectivity index (χ3n) is 7.04. The summed E-state index contributed by atoms with van der Waals surface area (Å²) in [7, 11) is 0. The van der Waals surface area contributed by atoms with Gasteiger partial charge in [0.05, 0.1) is 11.8 Å². The van der Waals surface area contributed by atoms with Gasteiger partial charge in [0.1, 0.15) is 11.7 Å². The van der Waals surface area contributed by atoms with E-state index in [1.807, 2.05) is 11.0 Å². The first-order valence-electron chi connectivity index (χ1n) is 12.6. The molecule has 0 spiro atoms. The number of carbonyl (C=O) groups is 2. The minimum atomic E-state index is -0.328. The van der Waals surface area contributed by atoms with E-state index in [1.165, 1.54) is 0 Å². The van der Waals surface area contributed by atoms with Gasteiger partial charge in [-0.15, -0.1) is 0 Å². The van der Waals surface area contributed by atoms with Gasteiger partial charge in [-0.05, 0) is 43.9 Å². The SMILES string of the molecule is O=C1N=Cc2cc(Nc3ncc(Cl)c(NC4CCN(C(=O)NC5CCN(CCF)CC5)CC4)n3)ccc21. The first kappa shape index (κ1) is 25.3. The summed E-state index contributed by atoms with van der Waals surface area (Å²) in [4.78, 5) is 41.0. The number of nitrogens with one attached hydrogen (secondary N) is 3. The van der Waals surface area contributed by atoms with Gasteiger partial charge in [-0.1, -0.05) is 11.6 Å². The van der Waals surface area contributed by atoms with Crippen molar-refractivity contribution in [2.45, 2.75) is 37.8 Å². The second-order valence-corrected chi connectivity index (χ2v) is 9.95. The van der Waals surface area contributed by atoms with Gasteiger partial charge >= 0.3 is 6.03 Å². The topological polar surface area (TPSA) is 115 Å². The summed E-state index contributed by atoms with van der Waals surface area (Å²) in [5.74, 6) is 0.664. The van der Waals surface area contributed by atoms with Gasteiger partial charge in [-0.25, -0.2) is 19.2 Å². The molecule has 1 aromatic carbocycles. The van der Waals surface area contributed by atoms with E-state index >= 15 is 0 Å². The van der Waals surface area contributed by atoms with Gasteiger partial charge in [0.25, 0.3) is 5.91 Å². The summed E-state index contributed by atoms with van der Waals surface area (Å²) >= 11 is 6.36. The lowest BCUT2D eigenvalue weighted by molar-refractivity contribution is 0.101. The zero-order valence-electron chi connectivity index (χ0n) is 20.4. The molecule has 2 saturated heterocycles. The van der Waals surface area contributed by atoms with Crippen molar-refractivity contribution in [1.82, 2.24) is 25.1 Å². The molecule has 3 amide bonds. The average Bonchev–Trinajstić information content (AvgIpc) is 3.27. The van der Waals surface area contributed by atoms with Crippen LogP contribution < -0.4 is 16.0 Å². The lowest BCUT2D eigenvalue weighted by Crippen LogP contribution is -2.52. The molecule has 0 bridgehead atoms. The highest BCUT2D eigenvalue weighted by molar-refractivity contribution is 6.32. The molecule has 0 unspecified atom stereocenters. The monoisotopic (exact) mass is 528 g/mol. The summed E-state index contributed by atoms with van der Waals surface area (Å²) in [6, 6.07) is 5.56. The van der Waals surface area contributed by atoms with E-state index in [0.29, 0.717) is 42.0 Å². The summed E-state index contributed by atoms with van der Waals surface area (Å²) in [6.45, 7) is 3.04. The summed E-state index contributed by atoms with van der Waals surface area (Å²) < 4.78 is 12.5. The van der Waals surface area contributed by atoms with Crippen molar-refractivity contribution in [3.05, 3.63) is 40.5 Å². The van der Waals surface area contributed by atoms with E-state index < -0.39 is 0 Å². The van der Waals surface area contributed by atoms with Crippen LogP contribution in [0.1, 0.15) is 41.6 Å². The quantitative estimate of drug-likeness (QED) is 0.504. The molecule has 2 fully saturated rings. The highest BCUT2D eigenvalue weighted by Crippen LogP contribution is 2.26. The van der Waals surface area contributed by atoms with Crippen LogP contribution in [0.25, 0.3) is 0 Å². The number of hydrogen-bond donors (Lipinski definition) is 3. The molecule has 5 rings (SSSR count). The zero-order valence-corrected chi connectivity index (χ0v) is 21.2. The molecule has 196 valence electrons. The summed E-state index contributed by atoms with van der Waals surface area (Å²) in [5, 5.41) is 10.1. The van der Waals surface area contributed by atoms with Crippen LogP contribution in [-0.4, -0.2) is 89.4 Å². The van der Waals surface area contributed by atoms with Crippen LogP contribution in [0.4, 0.5) is 26.6 Å². The standard InChI is InChI=1S/C25H30ClFN8O2/c26-21-15-29-24(31-19-1-2-20-16(13-19)14-28-23(20)36)33-22(21)30-17-5-10-35(11-6-17)25(37)32-18-3-8-34(9-4-18)12-7-27/h1-2,13-15,17-18H,3-12H2,(H,32,37)(H2,29,30,31,33). The molecule has 37 heavy (non-hydrogen) atoms. The fourth-order valence-corrected chi connectivity index (χ4v) is 5.05. The van der Waals surface area contributed by atoms with Crippen molar-refractivity contribution in [3.8, 4) is 0 Å². The minimum absolute atomic E-state index is 0.0324. The van der Waals surface area contributed by atoms with Crippen molar-refractivity contribution >= 4 is 47.2 Å². The number of hydrogen-bond acceptors (Lipinski definition) is 7. The number of anilines is 3. The Morgan fingerprint density at radius 3 is 2.62 bits per heavy atom. The lowest BCUT2D eigenvalue weighted by Gasteiger charge is -2.36. The number of fused-ring (bicyclic) bond motifs is 1. The maximum Gasteiger partial charge on any atom is 0.317 e. The van der Waals surface area contributed by atoms with Crippen molar-refractivity contribution in [2.75, 3.05) is 50.0 Å². The number of amides is 3. The fraction of sp³-hybridized carbons (Fsp3) is 0.480. The summed E-state index contributed by atoms with van der Waals surface area (Å²) in [5.41, 5.74) is 2.06. The molecular weight excluding hydrogens is 499 g/mol. The minimum Gasteiger partial charge on any atom is -0.366 e. The Balaban J connectivity index is 1.11. The van der Waals surface area contributed by atoms with Gasteiger partial charge in [-0.2, -0.15) is 4.98 Å². The van der Waals surface area contributed by atoms with Gasteiger partial charge < -0.3 is 25.8 Å². The fourth-order valence-electron chi connectivity index (χ4n) is 4.90. The second kappa shape index (κ2) is 11.4. The Kier molecular flexibility index (Phi) is 7.80. The van der Waals surface area contributed by atoms with E-state index in [4.69, 9.17) is 11.6 Å². The van der Waals surface area contributed by atoms with E-state index in [0.717, 1.165) is 50.0 Å². The smallest absolute Gasteiger partial charge is 0.317 e. The Bertz CT molecular complexity index is 1180. The first-order chi connectivity index (χ1) is 18.0. The van der Waals surface area contributed by atoms with Gasteiger partial charge in [0.2, 0.25) is 5.95 Å². The van der Waals surface area contributed by atoms with Crippen molar-refractivity contribution in [1.29, 1.82) is 0 Å². The number of piperidine rings is 2. The number of alkyl halides is 1. The van der Waals surface area contributed by atoms with E-state index in [2.05, 4.69) is 35.8 Å². The van der Waals surface area contributed by atoms with Crippen LogP contribution in [0, 0.1) is 0 Å². The molecule has 0 aliphatic carbocycles. The third-order valence-corrected chi connectivity index (χ3v) is 7.32. The van der Waals surface area contributed by atoms with Crippen LogP contribution in [-0.2, 0) is 0 Å². The van der Waals surface area contributed by atoms with Crippen molar-refractivity contribution in [3.63, 3.8) is 0 Å². The van der Waals surface area contributed by atoms with Gasteiger partial charge in [0.15, 0.2) is 5.82 Å². The molecule has 2 aromatic rings. The van der Waals surface area contributed by atoms with Crippen LogP contribution in [0.2, 0.25) is 5.02 Å². The van der Waals surface area contributed by atoms with Crippen LogP contribution in [0.3, 0.4) is 0 Å². The number of likely N-dealkylation sites (tertiary alicyclic amines) is 2. The van der Waals surface area contributed by atoms with Gasteiger partial charge in [0, 0.05) is 62.3 Å². The molecule has 12 heteroatoms. The Morgan fingerprint density at radius 2 is 1.86 bits per heavy atom. The van der Waals surface area contributed by atoms with Crippen LogP contribution in [0.15, 0.2) is 29.4 Å². The van der Waals surface area contributed by atoms with Crippen LogP contribution >= 0.6 is 11.6 Å². The molecule has 0 saturated carbocycles. The average molecular weight is 529 g/mol. The van der Waals surface area contributed by atoms with E-state index in [-0.39, 0.29) is 30.7 Å². The molecule has 10 nitrogen and oxygen atoms in total. The molecule has 4 heterocycles. The number of halogens is 2. The Labute approximate surface area is 219 Å². The number of carbonyl (C=O) groups excluding carboxylic acids is 2. The first-order valence-corrected chi connectivity index (χ1v) is 13.0. The number of aromatic nitrogens is 2. The lowest BCUT2D eigenvalue weighted by atomic mass is 10.0. The zero-order chi connectivity index (χ0) is 25.8. The largest absolute Gasteiger partial charge is 0.366 e. The molecule has 0 radical (unpaired) electrons. The molecule has 3 aliphatic rings. The number of aliphatic imine (C=N–C) groups is 1. The van der Waals surface area contributed by atoms with E-state index in [1.54, 1.807) is 24.5 Å². The van der Waals surface area contributed by atoms with Gasteiger partial charge in [-0.3, -0.25) is 4.79 Å². The Morgan fingerprint density at radius 1 is 1.11 bits per heavy atom. The van der Waals surface area contributed by atoms with Crippen LogP contribution in [0.5, 0.6) is 0 Å². The number of rotatable bonds is 7. The molecule has 0 atom stereocenters. The van der Waals surface area contributed by atoms with Crippen molar-refractivity contribution < 1.29 is 14.0 Å². The number of nitrogens with zero attached hydrogens (tertiary/aromatic N) is 5. The molecule has 1 aromatic heterocycles.